The van der Waals surface area contributed by atoms with Crippen LogP contribution >= 0.6 is 11.6 Å². The van der Waals surface area contributed by atoms with Gasteiger partial charge in [-0.3, -0.25) is 4.90 Å². The monoisotopic (exact) mass is 352 g/mol. The minimum Gasteiger partial charge on any atom is -0.338 e. The fourth-order valence-corrected chi connectivity index (χ4v) is 2.99. The average Bonchev–Trinajstić information content (AvgIpc) is 2.57. The van der Waals surface area contributed by atoms with Gasteiger partial charge in [0.25, 0.3) is 0 Å². The Bertz CT molecular complexity index is 498. The molecule has 2 amide bonds. The lowest BCUT2D eigenvalue weighted by Gasteiger charge is -2.34. The van der Waals surface area contributed by atoms with Gasteiger partial charge in [-0.1, -0.05) is 23.7 Å². The van der Waals surface area contributed by atoms with Gasteiger partial charge in [0.2, 0.25) is 0 Å². The maximum Gasteiger partial charge on any atom is 0.317 e. The number of piperazine rings is 1. The van der Waals surface area contributed by atoms with E-state index < -0.39 is 0 Å². The molecule has 0 spiro atoms. The number of nitrogens with one attached hydrogen (secondary N) is 1. The van der Waals surface area contributed by atoms with E-state index in [-0.39, 0.29) is 6.03 Å². The summed E-state index contributed by atoms with van der Waals surface area (Å²) in [5, 5.41) is 3.76. The Morgan fingerprint density at radius 1 is 1.17 bits per heavy atom. The first kappa shape index (κ1) is 19.0. The predicted molar refractivity (Wildman–Crippen MR) is 99.7 cm³/mol. The Kier molecular flexibility index (Phi) is 7.82. The molecule has 134 valence electrons. The number of halogens is 1. The number of rotatable bonds is 7. The van der Waals surface area contributed by atoms with E-state index in [0.29, 0.717) is 6.54 Å². The number of amides is 2. The standard InChI is InChI=1S/C18H29ClN4O/c1-21(2)10-3-11-22-12-14-23(15-13-22)18(24)20-9-8-16-4-6-17(19)7-5-16/h4-7H,3,8-15H2,1-2H3,(H,20,24). The Hall–Kier alpha value is -1.30. The van der Waals surface area contributed by atoms with Gasteiger partial charge in [0.05, 0.1) is 0 Å². The summed E-state index contributed by atoms with van der Waals surface area (Å²) in [5.74, 6) is 0. The molecule has 1 aliphatic rings. The Balaban J connectivity index is 1.61. The smallest absolute Gasteiger partial charge is 0.317 e. The number of hydrogen-bond donors (Lipinski definition) is 1. The minimum atomic E-state index is 0.0527. The van der Waals surface area contributed by atoms with E-state index in [0.717, 1.165) is 50.7 Å². The molecule has 5 nitrogen and oxygen atoms in total. The normalized spacial score (nSPS) is 15.8. The number of nitrogens with zero attached hydrogens (tertiary/aromatic N) is 3. The Morgan fingerprint density at radius 3 is 2.46 bits per heavy atom. The van der Waals surface area contributed by atoms with Crippen molar-refractivity contribution in [1.29, 1.82) is 0 Å². The molecule has 1 saturated heterocycles. The molecule has 0 bridgehead atoms. The van der Waals surface area contributed by atoms with Gasteiger partial charge < -0.3 is 15.1 Å². The van der Waals surface area contributed by atoms with Gasteiger partial charge in [0.1, 0.15) is 0 Å². The molecule has 6 heteroatoms. The van der Waals surface area contributed by atoms with Gasteiger partial charge in [-0.15, -0.1) is 0 Å². The molecule has 24 heavy (non-hydrogen) atoms. The van der Waals surface area contributed by atoms with Crippen LogP contribution in [0, 0.1) is 0 Å². The molecule has 1 fully saturated rings. The van der Waals surface area contributed by atoms with Crippen molar-refractivity contribution in [3.05, 3.63) is 34.9 Å². The number of carbonyl (C=O) groups is 1. The second-order valence-corrected chi connectivity index (χ2v) is 7.03. The number of benzene rings is 1. The zero-order valence-electron chi connectivity index (χ0n) is 14.8. The molecule has 0 aromatic heterocycles. The van der Waals surface area contributed by atoms with Crippen LogP contribution in [-0.4, -0.2) is 80.6 Å². The summed E-state index contributed by atoms with van der Waals surface area (Å²) < 4.78 is 0. The SMILES string of the molecule is CN(C)CCCN1CCN(C(=O)NCCc2ccc(Cl)cc2)CC1. The molecule has 0 unspecified atom stereocenters. The summed E-state index contributed by atoms with van der Waals surface area (Å²) in [7, 11) is 4.21. The van der Waals surface area contributed by atoms with Crippen LogP contribution in [0.15, 0.2) is 24.3 Å². The fourth-order valence-electron chi connectivity index (χ4n) is 2.86. The highest BCUT2D eigenvalue weighted by Gasteiger charge is 2.20. The molecule has 2 rings (SSSR count). The van der Waals surface area contributed by atoms with E-state index >= 15 is 0 Å². The second-order valence-electron chi connectivity index (χ2n) is 6.59. The highest BCUT2D eigenvalue weighted by Crippen LogP contribution is 2.09. The lowest BCUT2D eigenvalue weighted by molar-refractivity contribution is 0.136. The summed E-state index contributed by atoms with van der Waals surface area (Å²) in [5.41, 5.74) is 1.19. The van der Waals surface area contributed by atoms with Gasteiger partial charge in [-0.2, -0.15) is 0 Å². The van der Waals surface area contributed by atoms with Crippen molar-refractivity contribution in [1.82, 2.24) is 20.0 Å². The van der Waals surface area contributed by atoms with Crippen LogP contribution in [0.25, 0.3) is 0 Å². The maximum absolute atomic E-state index is 12.2. The van der Waals surface area contributed by atoms with Crippen LogP contribution in [0.5, 0.6) is 0 Å². The van der Waals surface area contributed by atoms with E-state index in [4.69, 9.17) is 11.6 Å². The Labute approximate surface area is 150 Å². The van der Waals surface area contributed by atoms with E-state index in [2.05, 4.69) is 29.2 Å². The van der Waals surface area contributed by atoms with Crippen molar-refractivity contribution in [3.63, 3.8) is 0 Å². The third kappa shape index (κ3) is 6.67. The highest BCUT2D eigenvalue weighted by atomic mass is 35.5. The highest BCUT2D eigenvalue weighted by molar-refractivity contribution is 6.30. The molecule has 1 aromatic carbocycles. The van der Waals surface area contributed by atoms with Gasteiger partial charge in [-0.05, 0) is 57.7 Å². The Morgan fingerprint density at radius 2 is 1.83 bits per heavy atom. The number of hydrogen-bond acceptors (Lipinski definition) is 3. The molecule has 1 aromatic rings. The predicted octanol–water partition coefficient (Wildman–Crippen LogP) is 2.16. The quantitative estimate of drug-likeness (QED) is 0.817. The van der Waals surface area contributed by atoms with Gasteiger partial charge in [-0.25, -0.2) is 4.79 Å². The van der Waals surface area contributed by atoms with E-state index in [9.17, 15) is 4.79 Å². The van der Waals surface area contributed by atoms with E-state index in [1.807, 2.05) is 29.2 Å². The summed E-state index contributed by atoms with van der Waals surface area (Å²) in [6.45, 7) is 6.46. The lowest BCUT2D eigenvalue weighted by Crippen LogP contribution is -2.52. The average molecular weight is 353 g/mol. The maximum atomic E-state index is 12.2. The van der Waals surface area contributed by atoms with Crippen molar-refractivity contribution in [2.45, 2.75) is 12.8 Å². The van der Waals surface area contributed by atoms with Crippen LogP contribution in [-0.2, 0) is 6.42 Å². The van der Waals surface area contributed by atoms with Crippen LogP contribution in [0.3, 0.4) is 0 Å². The summed E-state index contributed by atoms with van der Waals surface area (Å²) in [4.78, 5) is 18.8. The molecular weight excluding hydrogens is 324 g/mol. The third-order valence-corrected chi connectivity index (χ3v) is 4.59. The van der Waals surface area contributed by atoms with Crippen LogP contribution in [0.2, 0.25) is 5.02 Å². The molecule has 1 N–H and O–H groups in total. The molecule has 0 saturated carbocycles. The molecule has 0 radical (unpaired) electrons. The summed E-state index contributed by atoms with van der Waals surface area (Å²) in [6, 6.07) is 7.82. The van der Waals surface area contributed by atoms with Gasteiger partial charge >= 0.3 is 6.03 Å². The zero-order chi connectivity index (χ0) is 17.4. The largest absolute Gasteiger partial charge is 0.338 e. The van der Waals surface area contributed by atoms with Crippen LogP contribution in [0.4, 0.5) is 4.79 Å². The number of carbonyl (C=O) groups excluding carboxylic acids is 1. The zero-order valence-corrected chi connectivity index (χ0v) is 15.6. The lowest BCUT2D eigenvalue weighted by atomic mass is 10.1. The van der Waals surface area contributed by atoms with Crippen LogP contribution < -0.4 is 5.32 Å². The first-order valence-electron chi connectivity index (χ1n) is 8.69. The van der Waals surface area contributed by atoms with Gasteiger partial charge in [0, 0.05) is 37.7 Å². The third-order valence-electron chi connectivity index (χ3n) is 4.34. The summed E-state index contributed by atoms with van der Waals surface area (Å²) >= 11 is 5.87. The molecule has 1 heterocycles. The first-order valence-corrected chi connectivity index (χ1v) is 9.06. The molecule has 0 atom stereocenters. The number of urea groups is 1. The molecule has 1 aliphatic heterocycles. The molecular formula is C18H29ClN4O. The first-order chi connectivity index (χ1) is 11.5. The van der Waals surface area contributed by atoms with E-state index in [1.165, 1.54) is 12.0 Å². The van der Waals surface area contributed by atoms with Crippen molar-refractivity contribution in [2.24, 2.45) is 0 Å². The van der Waals surface area contributed by atoms with Crippen molar-refractivity contribution < 1.29 is 4.79 Å². The molecule has 0 aliphatic carbocycles. The summed E-state index contributed by atoms with van der Waals surface area (Å²) in [6.07, 6.45) is 2.01. The van der Waals surface area contributed by atoms with Crippen molar-refractivity contribution >= 4 is 17.6 Å². The fraction of sp³-hybridized carbons (Fsp3) is 0.611. The topological polar surface area (TPSA) is 38.8 Å². The van der Waals surface area contributed by atoms with Gasteiger partial charge in [0.15, 0.2) is 0 Å². The van der Waals surface area contributed by atoms with Crippen molar-refractivity contribution in [3.8, 4) is 0 Å². The van der Waals surface area contributed by atoms with E-state index in [1.54, 1.807) is 0 Å². The van der Waals surface area contributed by atoms with Crippen LogP contribution in [0.1, 0.15) is 12.0 Å². The second kappa shape index (κ2) is 9.87. The minimum absolute atomic E-state index is 0.0527. The van der Waals surface area contributed by atoms with Crippen molar-refractivity contribution in [2.75, 3.05) is 59.9 Å².